The Morgan fingerprint density at radius 3 is 2.78 bits per heavy atom. The second kappa shape index (κ2) is 4.48. The van der Waals surface area contributed by atoms with Gasteiger partial charge < -0.3 is 14.7 Å². The van der Waals surface area contributed by atoms with Crippen molar-refractivity contribution in [2.75, 3.05) is 0 Å². The van der Waals surface area contributed by atoms with Crippen molar-refractivity contribution in [2.24, 2.45) is 0 Å². The average molecular weight is 248 g/mol. The summed E-state index contributed by atoms with van der Waals surface area (Å²) in [4.78, 5) is 22.9. The SMILES string of the molecule is CC(=O)OCc1c(C)n([O-])c2ccccc2[n+]1=O. The van der Waals surface area contributed by atoms with Gasteiger partial charge >= 0.3 is 5.97 Å². The Bertz CT molecular complexity index is 676. The first kappa shape index (κ1) is 12.1. The minimum absolute atomic E-state index is 0.138. The van der Waals surface area contributed by atoms with Crippen LogP contribution in [-0.2, 0) is 16.1 Å². The lowest BCUT2D eigenvalue weighted by Gasteiger charge is -2.16. The molecule has 0 spiro atoms. The number of hydrogen-bond acceptors (Lipinski definition) is 4. The van der Waals surface area contributed by atoms with E-state index >= 15 is 0 Å². The number of rotatable bonds is 2. The highest BCUT2D eigenvalue weighted by atomic mass is 16.5. The van der Waals surface area contributed by atoms with Crippen LogP contribution in [0.1, 0.15) is 18.3 Å². The highest BCUT2D eigenvalue weighted by Gasteiger charge is 2.20. The third kappa shape index (κ3) is 1.92. The van der Waals surface area contributed by atoms with Crippen molar-refractivity contribution in [1.29, 1.82) is 0 Å². The molecule has 0 amide bonds. The minimum Gasteiger partial charge on any atom is -0.805 e. The zero-order valence-corrected chi connectivity index (χ0v) is 10.0. The van der Waals surface area contributed by atoms with Crippen molar-refractivity contribution < 1.29 is 14.0 Å². The number of ether oxygens (including phenoxy) is 1. The summed E-state index contributed by atoms with van der Waals surface area (Å²) >= 11 is 0. The topological polar surface area (TPSA) is 77.3 Å². The molecule has 0 saturated carbocycles. The molecule has 0 aliphatic heterocycles. The Morgan fingerprint density at radius 1 is 1.44 bits per heavy atom. The van der Waals surface area contributed by atoms with Crippen LogP contribution in [-0.4, -0.2) is 10.7 Å². The van der Waals surface area contributed by atoms with Crippen LogP contribution >= 0.6 is 0 Å². The summed E-state index contributed by atoms with van der Waals surface area (Å²) in [5.41, 5.74) is 0.903. The zero-order chi connectivity index (χ0) is 13.3. The number of nitrogens with zero attached hydrogens (tertiary/aromatic N) is 2. The van der Waals surface area contributed by atoms with E-state index in [0.29, 0.717) is 9.16 Å². The van der Waals surface area contributed by atoms with Crippen molar-refractivity contribution in [3.05, 3.63) is 45.8 Å². The van der Waals surface area contributed by atoms with Gasteiger partial charge in [-0.15, -0.1) is 0 Å². The van der Waals surface area contributed by atoms with Crippen LogP contribution in [0.4, 0.5) is 0 Å². The number of fused-ring (bicyclic) bond motifs is 1. The van der Waals surface area contributed by atoms with Crippen LogP contribution in [0, 0.1) is 17.0 Å². The molecular formula is C12H12N2O4. The van der Waals surface area contributed by atoms with Crippen LogP contribution < -0.4 is 4.43 Å². The highest BCUT2D eigenvalue weighted by molar-refractivity contribution is 5.72. The van der Waals surface area contributed by atoms with Gasteiger partial charge in [0.25, 0.3) is 11.2 Å². The largest absolute Gasteiger partial charge is 0.805 e. The molecule has 18 heavy (non-hydrogen) atoms. The van der Waals surface area contributed by atoms with Crippen LogP contribution in [0.3, 0.4) is 0 Å². The molecule has 0 unspecified atom stereocenters. The summed E-state index contributed by atoms with van der Waals surface area (Å²) < 4.78 is 6.08. The molecule has 0 aliphatic rings. The monoisotopic (exact) mass is 248 g/mol. The van der Waals surface area contributed by atoms with Gasteiger partial charge in [-0.3, -0.25) is 4.79 Å². The fourth-order valence-corrected chi connectivity index (χ4v) is 1.73. The molecule has 0 fully saturated rings. The molecule has 1 heterocycles. The number of aromatic nitrogens is 2. The Hall–Kier alpha value is -2.37. The van der Waals surface area contributed by atoms with Crippen LogP contribution in [0.2, 0.25) is 0 Å². The maximum atomic E-state index is 12.1. The Labute approximate surface area is 103 Å². The maximum Gasteiger partial charge on any atom is 0.303 e. The molecule has 0 N–H and O–H groups in total. The van der Waals surface area contributed by atoms with E-state index in [-0.39, 0.29) is 29.0 Å². The van der Waals surface area contributed by atoms with Crippen molar-refractivity contribution in [2.45, 2.75) is 20.5 Å². The second-order valence-electron chi connectivity index (χ2n) is 3.89. The van der Waals surface area contributed by atoms with E-state index in [4.69, 9.17) is 4.74 Å². The molecule has 2 aromatic rings. The van der Waals surface area contributed by atoms with Gasteiger partial charge in [-0.25, -0.2) is 0 Å². The zero-order valence-electron chi connectivity index (χ0n) is 10.0. The van der Waals surface area contributed by atoms with Gasteiger partial charge in [0.15, 0.2) is 6.61 Å². The molecule has 2 rings (SSSR count). The fourth-order valence-electron chi connectivity index (χ4n) is 1.73. The Morgan fingerprint density at radius 2 is 2.11 bits per heavy atom. The van der Waals surface area contributed by atoms with Crippen LogP contribution in [0.15, 0.2) is 24.3 Å². The lowest BCUT2D eigenvalue weighted by atomic mass is 10.2. The molecule has 94 valence electrons. The second-order valence-corrected chi connectivity index (χ2v) is 3.89. The number of benzene rings is 1. The fraction of sp³-hybridized carbons (Fsp3) is 0.250. The summed E-state index contributed by atoms with van der Waals surface area (Å²) in [5, 5.41) is 12.0. The van der Waals surface area contributed by atoms with Crippen molar-refractivity contribution >= 4 is 17.0 Å². The van der Waals surface area contributed by atoms with Crippen molar-refractivity contribution in [1.82, 2.24) is 4.73 Å². The lowest BCUT2D eigenvalue weighted by Crippen LogP contribution is -2.27. The molecule has 0 atom stereocenters. The first-order chi connectivity index (χ1) is 8.52. The first-order valence-electron chi connectivity index (χ1n) is 5.39. The van der Waals surface area contributed by atoms with Gasteiger partial charge in [0.2, 0.25) is 0 Å². The van der Waals surface area contributed by atoms with E-state index in [0.717, 1.165) is 0 Å². The first-order valence-corrected chi connectivity index (χ1v) is 5.39. The van der Waals surface area contributed by atoms with Crippen LogP contribution in [0.25, 0.3) is 11.0 Å². The van der Waals surface area contributed by atoms with E-state index in [1.807, 2.05) is 0 Å². The number of carbonyl (C=O) groups is 1. The standard InChI is InChI=1S/C12H12N2O4/c1-8-12(7-18-9(2)15)14(17)11-6-4-3-5-10(11)13(8)16/h3-6H,7H2,1-2H3. The summed E-state index contributed by atoms with van der Waals surface area (Å²) in [6, 6.07) is 6.47. The van der Waals surface area contributed by atoms with Crippen molar-refractivity contribution in [3.63, 3.8) is 0 Å². The molecular weight excluding hydrogens is 236 g/mol. The number of esters is 1. The summed E-state index contributed by atoms with van der Waals surface area (Å²) in [6.45, 7) is 2.56. The molecule has 0 bridgehead atoms. The maximum absolute atomic E-state index is 12.1. The molecule has 1 aromatic heterocycles. The van der Waals surface area contributed by atoms with E-state index in [9.17, 15) is 14.9 Å². The smallest absolute Gasteiger partial charge is 0.303 e. The van der Waals surface area contributed by atoms with E-state index in [1.54, 1.807) is 24.3 Å². The van der Waals surface area contributed by atoms with Crippen molar-refractivity contribution in [3.8, 4) is 0 Å². The normalized spacial score (nSPS) is 10.6. The van der Waals surface area contributed by atoms with Gasteiger partial charge in [-0.2, -0.15) is 0 Å². The summed E-state index contributed by atoms with van der Waals surface area (Å²) in [5.74, 6) is -0.500. The predicted molar refractivity (Wildman–Crippen MR) is 64.3 cm³/mol. The molecule has 0 radical (unpaired) electrons. The third-order valence-electron chi connectivity index (χ3n) is 2.70. The van der Waals surface area contributed by atoms with Gasteiger partial charge in [0, 0.05) is 17.9 Å². The molecule has 6 heteroatoms. The van der Waals surface area contributed by atoms with Gasteiger partial charge in [0.1, 0.15) is 5.52 Å². The number of carbonyl (C=O) groups excluding carboxylic acids is 1. The van der Waals surface area contributed by atoms with E-state index in [1.165, 1.54) is 13.8 Å². The summed E-state index contributed by atoms with van der Waals surface area (Å²) in [7, 11) is 0. The number of hydrogen-bond donors (Lipinski definition) is 0. The predicted octanol–water partition coefficient (Wildman–Crippen LogP) is 1.27. The summed E-state index contributed by atoms with van der Waals surface area (Å²) in [6.07, 6.45) is 0. The Kier molecular flexibility index (Phi) is 3.01. The average Bonchev–Trinajstić information content (AvgIpc) is 2.36. The lowest BCUT2D eigenvalue weighted by molar-refractivity contribution is -0.479. The van der Waals surface area contributed by atoms with Gasteiger partial charge in [-0.1, -0.05) is 12.1 Å². The van der Waals surface area contributed by atoms with Gasteiger partial charge in [0.05, 0.1) is 10.1 Å². The molecule has 1 aromatic carbocycles. The third-order valence-corrected chi connectivity index (χ3v) is 2.70. The molecule has 0 saturated heterocycles. The Balaban J connectivity index is 2.67. The minimum atomic E-state index is -0.500. The quantitative estimate of drug-likeness (QED) is 0.592. The van der Waals surface area contributed by atoms with Crippen LogP contribution in [0.5, 0.6) is 0 Å². The number of para-hydroxylation sites is 2. The van der Waals surface area contributed by atoms with E-state index in [2.05, 4.69) is 0 Å². The van der Waals surface area contributed by atoms with Gasteiger partial charge in [-0.05, 0) is 13.0 Å². The molecule has 6 nitrogen and oxygen atoms in total. The molecule has 0 aliphatic carbocycles. The highest BCUT2D eigenvalue weighted by Crippen LogP contribution is 2.13. The van der Waals surface area contributed by atoms with E-state index < -0.39 is 5.97 Å².